The Kier molecular flexibility index (Phi) is 5.22. The number of benzene rings is 1. The lowest BCUT2D eigenvalue weighted by Crippen LogP contribution is -2.19. The molecule has 1 aliphatic heterocycles. The highest BCUT2D eigenvalue weighted by molar-refractivity contribution is 5.96. The van der Waals surface area contributed by atoms with E-state index in [-0.39, 0.29) is 6.10 Å². The van der Waals surface area contributed by atoms with E-state index >= 15 is 0 Å². The quantitative estimate of drug-likeness (QED) is 0.788. The fourth-order valence-corrected chi connectivity index (χ4v) is 2.54. The molecule has 2 heterocycles. The Hall–Kier alpha value is -2.67. The number of nitrogens with one attached hydrogen (secondary N) is 2. The number of aromatic nitrogens is 2. The SMILES string of the molecule is COC(=O)c1ccccc1Nc1nccc(NCC2CCCO2)n1. The molecule has 126 valence electrons. The summed E-state index contributed by atoms with van der Waals surface area (Å²) in [5.41, 5.74) is 1.03. The molecular formula is C17H20N4O3. The molecule has 2 N–H and O–H groups in total. The van der Waals surface area contributed by atoms with Gasteiger partial charge >= 0.3 is 5.97 Å². The number of nitrogens with zero attached hydrogens (tertiary/aromatic N) is 2. The van der Waals surface area contributed by atoms with Crippen LogP contribution < -0.4 is 10.6 Å². The first-order chi connectivity index (χ1) is 11.8. The third-order valence-electron chi connectivity index (χ3n) is 3.77. The molecule has 1 aromatic heterocycles. The van der Waals surface area contributed by atoms with Crippen molar-refractivity contribution in [2.24, 2.45) is 0 Å². The van der Waals surface area contributed by atoms with Crippen LogP contribution in [0.3, 0.4) is 0 Å². The zero-order chi connectivity index (χ0) is 16.8. The largest absolute Gasteiger partial charge is 0.465 e. The third-order valence-corrected chi connectivity index (χ3v) is 3.77. The fraction of sp³-hybridized carbons (Fsp3) is 0.353. The summed E-state index contributed by atoms with van der Waals surface area (Å²) in [7, 11) is 1.35. The standard InChI is InChI=1S/C17H20N4O3/c1-23-16(22)13-6-2-3-7-14(13)20-17-18-9-8-15(21-17)19-11-12-5-4-10-24-12/h2-3,6-9,12H,4-5,10-11H2,1H3,(H2,18,19,20,21). The van der Waals surface area contributed by atoms with Crippen molar-refractivity contribution < 1.29 is 14.3 Å². The van der Waals surface area contributed by atoms with Crippen LogP contribution in [0.25, 0.3) is 0 Å². The Balaban J connectivity index is 1.69. The number of ether oxygens (including phenoxy) is 2. The second-order valence-corrected chi connectivity index (χ2v) is 5.44. The van der Waals surface area contributed by atoms with Gasteiger partial charge in [0.1, 0.15) is 5.82 Å². The molecule has 7 nitrogen and oxygen atoms in total. The van der Waals surface area contributed by atoms with Crippen LogP contribution in [-0.4, -0.2) is 42.3 Å². The summed E-state index contributed by atoms with van der Waals surface area (Å²) < 4.78 is 10.4. The predicted molar refractivity (Wildman–Crippen MR) is 90.6 cm³/mol. The van der Waals surface area contributed by atoms with E-state index in [0.29, 0.717) is 23.0 Å². The lowest BCUT2D eigenvalue weighted by atomic mass is 10.2. The summed E-state index contributed by atoms with van der Waals surface area (Å²) in [4.78, 5) is 20.4. The molecule has 24 heavy (non-hydrogen) atoms. The highest BCUT2D eigenvalue weighted by Gasteiger charge is 2.15. The van der Waals surface area contributed by atoms with E-state index in [1.165, 1.54) is 7.11 Å². The lowest BCUT2D eigenvalue weighted by Gasteiger charge is -2.13. The van der Waals surface area contributed by atoms with Crippen LogP contribution in [-0.2, 0) is 9.47 Å². The van der Waals surface area contributed by atoms with Crippen molar-refractivity contribution in [2.45, 2.75) is 18.9 Å². The van der Waals surface area contributed by atoms with Crippen molar-refractivity contribution in [3.63, 3.8) is 0 Å². The van der Waals surface area contributed by atoms with Crippen LogP contribution in [0.2, 0.25) is 0 Å². The van der Waals surface area contributed by atoms with Crippen molar-refractivity contribution in [2.75, 3.05) is 30.9 Å². The maximum absolute atomic E-state index is 11.8. The summed E-state index contributed by atoms with van der Waals surface area (Å²) >= 11 is 0. The van der Waals surface area contributed by atoms with E-state index in [1.54, 1.807) is 30.5 Å². The van der Waals surface area contributed by atoms with E-state index < -0.39 is 5.97 Å². The Morgan fingerprint density at radius 3 is 3.04 bits per heavy atom. The predicted octanol–water partition coefficient (Wildman–Crippen LogP) is 2.60. The summed E-state index contributed by atoms with van der Waals surface area (Å²) in [5.74, 6) is 0.702. The van der Waals surface area contributed by atoms with Crippen LogP contribution in [0.5, 0.6) is 0 Å². The van der Waals surface area contributed by atoms with Crippen molar-refractivity contribution in [3.8, 4) is 0 Å². The maximum atomic E-state index is 11.8. The van der Waals surface area contributed by atoms with Crippen molar-refractivity contribution >= 4 is 23.4 Å². The van der Waals surface area contributed by atoms with Gasteiger partial charge in [-0.05, 0) is 31.0 Å². The van der Waals surface area contributed by atoms with Gasteiger partial charge in [0, 0.05) is 19.3 Å². The molecule has 1 aromatic carbocycles. The molecule has 0 aliphatic carbocycles. The van der Waals surface area contributed by atoms with Crippen LogP contribution in [0, 0.1) is 0 Å². The molecule has 7 heteroatoms. The molecule has 3 rings (SSSR count). The van der Waals surface area contributed by atoms with E-state index in [0.717, 1.165) is 26.0 Å². The highest BCUT2D eigenvalue weighted by Crippen LogP contribution is 2.20. The van der Waals surface area contributed by atoms with Gasteiger partial charge in [0.05, 0.1) is 24.5 Å². The first-order valence-corrected chi connectivity index (χ1v) is 7.89. The van der Waals surface area contributed by atoms with Crippen molar-refractivity contribution in [1.82, 2.24) is 9.97 Å². The molecule has 0 spiro atoms. The summed E-state index contributed by atoms with van der Waals surface area (Å²) in [6.07, 6.45) is 4.06. The Bertz CT molecular complexity index is 702. The molecule has 0 bridgehead atoms. The van der Waals surface area contributed by atoms with Crippen molar-refractivity contribution in [3.05, 3.63) is 42.1 Å². The number of carbonyl (C=O) groups excluding carboxylic acids is 1. The van der Waals surface area contributed by atoms with Gasteiger partial charge in [0.25, 0.3) is 0 Å². The van der Waals surface area contributed by atoms with Crippen LogP contribution in [0.4, 0.5) is 17.5 Å². The van der Waals surface area contributed by atoms with Gasteiger partial charge in [-0.1, -0.05) is 12.1 Å². The highest BCUT2D eigenvalue weighted by atomic mass is 16.5. The maximum Gasteiger partial charge on any atom is 0.339 e. The Labute approximate surface area is 140 Å². The lowest BCUT2D eigenvalue weighted by molar-refractivity contribution is 0.0602. The molecule has 1 saturated heterocycles. The van der Waals surface area contributed by atoms with Crippen LogP contribution >= 0.6 is 0 Å². The molecule has 1 unspecified atom stereocenters. The van der Waals surface area contributed by atoms with Gasteiger partial charge in [-0.15, -0.1) is 0 Å². The smallest absolute Gasteiger partial charge is 0.339 e. The monoisotopic (exact) mass is 328 g/mol. The zero-order valence-electron chi connectivity index (χ0n) is 13.5. The molecular weight excluding hydrogens is 308 g/mol. The van der Waals surface area contributed by atoms with E-state index in [2.05, 4.69) is 20.6 Å². The molecule has 1 aliphatic rings. The molecule has 1 atom stereocenters. The second-order valence-electron chi connectivity index (χ2n) is 5.44. The number of hydrogen-bond donors (Lipinski definition) is 2. The summed E-state index contributed by atoms with van der Waals surface area (Å²) in [5, 5.41) is 6.32. The average molecular weight is 328 g/mol. The minimum atomic E-state index is -0.411. The van der Waals surface area contributed by atoms with Gasteiger partial charge < -0.3 is 20.1 Å². The second kappa shape index (κ2) is 7.74. The van der Waals surface area contributed by atoms with Crippen molar-refractivity contribution in [1.29, 1.82) is 0 Å². The van der Waals surface area contributed by atoms with Crippen LogP contribution in [0.1, 0.15) is 23.2 Å². The first-order valence-electron chi connectivity index (χ1n) is 7.89. The zero-order valence-corrected chi connectivity index (χ0v) is 13.5. The van der Waals surface area contributed by atoms with Gasteiger partial charge in [-0.2, -0.15) is 4.98 Å². The third kappa shape index (κ3) is 3.99. The topological polar surface area (TPSA) is 85.4 Å². The number of anilines is 3. The molecule has 2 aromatic rings. The Morgan fingerprint density at radius 2 is 2.25 bits per heavy atom. The number of rotatable bonds is 6. The van der Waals surface area contributed by atoms with Gasteiger partial charge in [-0.25, -0.2) is 9.78 Å². The summed E-state index contributed by atoms with van der Waals surface area (Å²) in [6, 6.07) is 8.87. The number of methoxy groups -OCH3 is 1. The molecule has 1 fully saturated rings. The summed E-state index contributed by atoms with van der Waals surface area (Å²) in [6.45, 7) is 1.54. The minimum absolute atomic E-state index is 0.233. The number of hydrogen-bond acceptors (Lipinski definition) is 7. The molecule has 0 radical (unpaired) electrons. The van der Waals surface area contributed by atoms with E-state index in [4.69, 9.17) is 9.47 Å². The minimum Gasteiger partial charge on any atom is -0.465 e. The van der Waals surface area contributed by atoms with Gasteiger partial charge in [0.15, 0.2) is 0 Å². The van der Waals surface area contributed by atoms with Crippen LogP contribution in [0.15, 0.2) is 36.5 Å². The number of esters is 1. The fourth-order valence-electron chi connectivity index (χ4n) is 2.54. The van der Waals surface area contributed by atoms with Gasteiger partial charge in [-0.3, -0.25) is 0 Å². The van der Waals surface area contributed by atoms with E-state index in [1.807, 2.05) is 6.07 Å². The normalized spacial score (nSPS) is 16.6. The number of para-hydroxylation sites is 1. The Morgan fingerprint density at radius 1 is 1.38 bits per heavy atom. The molecule has 0 amide bonds. The molecule has 0 saturated carbocycles. The van der Waals surface area contributed by atoms with Gasteiger partial charge in [0.2, 0.25) is 5.95 Å². The van der Waals surface area contributed by atoms with E-state index in [9.17, 15) is 4.79 Å². The number of carbonyl (C=O) groups is 1. The average Bonchev–Trinajstić information content (AvgIpc) is 3.14. The first kappa shape index (κ1) is 16.2.